The van der Waals surface area contributed by atoms with E-state index in [0.29, 0.717) is 17.6 Å². The molecule has 3 rings (SSSR count). The van der Waals surface area contributed by atoms with E-state index in [9.17, 15) is 14.5 Å². The Morgan fingerprint density at radius 1 is 1.39 bits per heavy atom. The molecule has 2 saturated heterocycles. The van der Waals surface area contributed by atoms with Crippen LogP contribution in [-0.2, 0) is 0 Å². The Morgan fingerprint density at radius 3 is 3.00 bits per heavy atom. The predicted octanol–water partition coefficient (Wildman–Crippen LogP) is 1.53. The van der Waals surface area contributed by atoms with Crippen LogP contribution in [0.2, 0.25) is 0 Å². The Bertz CT molecular complexity index is 494. The fourth-order valence-electron chi connectivity index (χ4n) is 3.00. The van der Waals surface area contributed by atoms with Gasteiger partial charge in [-0.05, 0) is 18.4 Å². The number of nitrogens with zero attached hydrogens (tertiary/aromatic N) is 2. The van der Waals surface area contributed by atoms with E-state index in [0.717, 1.165) is 32.1 Å². The van der Waals surface area contributed by atoms with Crippen LogP contribution in [0, 0.1) is 21.8 Å². The van der Waals surface area contributed by atoms with Gasteiger partial charge in [0.05, 0.1) is 11.0 Å². The molecular weight excluding hydrogens is 237 g/mol. The minimum Gasteiger partial charge on any atom is -0.367 e. The second-order valence-electron chi connectivity index (χ2n) is 4.89. The average Bonchev–Trinajstić information content (AvgIpc) is 2.89. The second kappa shape index (κ2) is 4.20. The first kappa shape index (κ1) is 11.4. The number of rotatable bonds is 2. The quantitative estimate of drug-likeness (QED) is 0.639. The first-order valence-corrected chi connectivity index (χ1v) is 6.07. The van der Waals surface area contributed by atoms with Crippen LogP contribution >= 0.6 is 0 Å². The van der Waals surface area contributed by atoms with Gasteiger partial charge in [-0.15, -0.1) is 0 Å². The molecule has 0 aromatic heterocycles. The summed E-state index contributed by atoms with van der Waals surface area (Å²) in [6.45, 7) is 2.70. The van der Waals surface area contributed by atoms with Gasteiger partial charge >= 0.3 is 0 Å². The van der Waals surface area contributed by atoms with E-state index in [1.54, 1.807) is 0 Å². The minimum absolute atomic E-state index is 0.181. The molecule has 1 N–H and O–H groups in total. The summed E-state index contributed by atoms with van der Waals surface area (Å²) in [5.74, 6) is 0.0286. The number of halogens is 1. The Hall–Kier alpha value is -1.69. The van der Waals surface area contributed by atoms with Crippen LogP contribution in [-0.4, -0.2) is 30.6 Å². The molecule has 2 atom stereocenters. The van der Waals surface area contributed by atoms with E-state index in [4.69, 9.17) is 0 Å². The van der Waals surface area contributed by atoms with E-state index < -0.39 is 10.7 Å². The van der Waals surface area contributed by atoms with Crippen LogP contribution in [0.4, 0.5) is 15.8 Å². The van der Waals surface area contributed by atoms with Gasteiger partial charge in [0.2, 0.25) is 0 Å². The van der Waals surface area contributed by atoms with Gasteiger partial charge in [0.1, 0.15) is 5.82 Å². The smallest absolute Gasteiger partial charge is 0.274 e. The number of nitro benzene ring substituents is 1. The lowest BCUT2D eigenvalue weighted by molar-refractivity contribution is -0.385. The van der Waals surface area contributed by atoms with Crippen molar-refractivity contribution in [1.82, 2.24) is 5.32 Å². The topological polar surface area (TPSA) is 58.4 Å². The van der Waals surface area contributed by atoms with Crippen molar-refractivity contribution >= 4 is 11.4 Å². The molecule has 2 aliphatic rings. The average molecular weight is 251 g/mol. The number of nitro groups is 1. The van der Waals surface area contributed by atoms with Crippen LogP contribution in [0.3, 0.4) is 0 Å². The van der Waals surface area contributed by atoms with Crippen LogP contribution in [0.15, 0.2) is 18.2 Å². The van der Waals surface area contributed by atoms with Crippen molar-refractivity contribution in [3.63, 3.8) is 0 Å². The molecule has 0 saturated carbocycles. The van der Waals surface area contributed by atoms with Gasteiger partial charge in [-0.25, -0.2) is 4.39 Å². The molecule has 5 nitrogen and oxygen atoms in total. The molecule has 0 spiro atoms. The van der Waals surface area contributed by atoms with Gasteiger partial charge in [0, 0.05) is 37.4 Å². The molecule has 18 heavy (non-hydrogen) atoms. The van der Waals surface area contributed by atoms with Gasteiger partial charge < -0.3 is 10.2 Å². The lowest BCUT2D eigenvalue weighted by Gasteiger charge is -2.25. The van der Waals surface area contributed by atoms with Crippen LogP contribution in [0.5, 0.6) is 0 Å². The summed E-state index contributed by atoms with van der Waals surface area (Å²) >= 11 is 0. The summed E-state index contributed by atoms with van der Waals surface area (Å²) in [4.78, 5) is 12.3. The summed E-state index contributed by atoms with van der Waals surface area (Å²) in [6.07, 6.45) is 1.06. The first-order valence-electron chi connectivity index (χ1n) is 6.07. The zero-order valence-electron chi connectivity index (χ0n) is 9.80. The Kier molecular flexibility index (Phi) is 2.66. The highest BCUT2D eigenvalue weighted by molar-refractivity contribution is 5.55. The standard InChI is InChI=1S/C12H14FN3O2/c13-9-3-10(5-11(4-9)16(17)18)15-2-1-8-6-14-7-12(8)15/h3-5,8,12,14H,1-2,6-7H2/t8-,12+/m1/s1. The number of anilines is 1. The Labute approximate surface area is 104 Å². The zero-order chi connectivity index (χ0) is 12.7. The third-order valence-corrected chi connectivity index (χ3v) is 3.86. The molecule has 0 bridgehead atoms. The molecule has 96 valence electrons. The number of benzene rings is 1. The molecular formula is C12H14FN3O2. The van der Waals surface area contributed by atoms with Crippen molar-refractivity contribution in [3.05, 3.63) is 34.1 Å². The van der Waals surface area contributed by atoms with Crippen molar-refractivity contribution in [1.29, 1.82) is 0 Å². The third kappa shape index (κ3) is 1.82. The SMILES string of the molecule is O=[N+]([O-])c1cc(F)cc(N2CC[C@@H]3CNC[C@@H]32)c1. The van der Waals surface area contributed by atoms with E-state index >= 15 is 0 Å². The van der Waals surface area contributed by atoms with Crippen molar-refractivity contribution in [3.8, 4) is 0 Å². The minimum atomic E-state index is -0.549. The number of hydrogen-bond acceptors (Lipinski definition) is 4. The fraction of sp³-hybridized carbons (Fsp3) is 0.500. The molecule has 1 aromatic carbocycles. The lowest BCUT2D eigenvalue weighted by Crippen LogP contribution is -2.34. The normalized spacial score (nSPS) is 26.4. The van der Waals surface area contributed by atoms with Crippen molar-refractivity contribution in [2.24, 2.45) is 5.92 Å². The number of nitrogens with one attached hydrogen (secondary N) is 1. The van der Waals surface area contributed by atoms with Crippen LogP contribution in [0.25, 0.3) is 0 Å². The largest absolute Gasteiger partial charge is 0.367 e. The third-order valence-electron chi connectivity index (χ3n) is 3.86. The molecule has 6 heteroatoms. The maximum absolute atomic E-state index is 13.4. The first-order chi connectivity index (χ1) is 8.65. The monoisotopic (exact) mass is 251 g/mol. The summed E-state index contributed by atoms with van der Waals surface area (Å²) in [5, 5.41) is 14.1. The highest BCUT2D eigenvalue weighted by Crippen LogP contribution is 2.33. The molecule has 0 aliphatic carbocycles. The van der Waals surface area contributed by atoms with E-state index in [-0.39, 0.29) is 5.69 Å². The van der Waals surface area contributed by atoms with Crippen LogP contribution < -0.4 is 10.2 Å². The lowest BCUT2D eigenvalue weighted by atomic mass is 10.0. The maximum Gasteiger partial charge on any atom is 0.274 e. The maximum atomic E-state index is 13.4. The van der Waals surface area contributed by atoms with Gasteiger partial charge in [-0.2, -0.15) is 0 Å². The van der Waals surface area contributed by atoms with Crippen molar-refractivity contribution in [2.45, 2.75) is 12.5 Å². The summed E-state index contributed by atoms with van der Waals surface area (Å²) < 4.78 is 13.4. The number of non-ortho nitro benzene ring substituents is 1. The van der Waals surface area contributed by atoms with Crippen molar-refractivity contribution < 1.29 is 9.31 Å². The van der Waals surface area contributed by atoms with E-state index in [1.165, 1.54) is 12.1 Å². The molecule has 2 fully saturated rings. The summed E-state index contributed by atoms with van der Waals surface area (Å²) in [7, 11) is 0. The van der Waals surface area contributed by atoms with Gasteiger partial charge in [0.15, 0.2) is 0 Å². The molecule has 2 aliphatic heterocycles. The Morgan fingerprint density at radius 2 is 2.22 bits per heavy atom. The fourth-order valence-corrected chi connectivity index (χ4v) is 3.00. The highest BCUT2D eigenvalue weighted by Gasteiger charge is 2.38. The highest BCUT2D eigenvalue weighted by atomic mass is 19.1. The summed E-state index contributed by atoms with van der Waals surface area (Å²) in [5.41, 5.74) is 0.442. The molecule has 0 unspecified atom stereocenters. The number of fused-ring (bicyclic) bond motifs is 1. The van der Waals surface area contributed by atoms with E-state index in [2.05, 4.69) is 10.2 Å². The Balaban J connectivity index is 1.94. The van der Waals surface area contributed by atoms with Gasteiger partial charge in [0.25, 0.3) is 5.69 Å². The molecule has 0 radical (unpaired) electrons. The summed E-state index contributed by atoms with van der Waals surface area (Å²) in [6, 6.07) is 4.15. The second-order valence-corrected chi connectivity index (χ2v) is 4.89. The van der Waals surface area contributed by atoms with Gasteiger partial charge in [-0.3, -0.25) is 10.1 Å². The molecule has 1 aromatic rings. The van der Waals surface area contributed by atoms with Crippen LogP contribution in [0.1, 0.15) is 6.42 Å². The van der Waals surface area contributed by atoms with Gasteiger partial charge in [-0.1, -0.05) is 0 Å². The molecule has 0 amide bonds. The molecule has 2 heterocycles. The van der Waals surface area contributed by atoms with Crippen molar-refractivity contribution in [2.75, 3.05) is 24.5 Å². The predicted molar refractivity (Wildman–Crippen MR) is 65.2 cm³/mol. The zero-order valence-corrected chi connectivity index (χ0v) is 9.80. The van der Waals surface area contributed by atoms with E-state index in [1.807, 2.05) is 0 Å². The number of hydrogen-bond donors (Lipinski definition) is 1.